The third kappa shape index (κ3) is 6.30. The van der Waals surface area contributed by atoms with Gasteiger partial charge >= 0.3 is 0 Å². The van der Waals surface area contributed by atoms with Crippen LogP contribution in [0.15, 0.2) is 237 Å². The second-order valence-electron chi connectivity index (χ2n) is 15.3. The first kappa shape index (κ1) is 34.5. The predicted octanol–water partition coefficient (Wildman–Crippen LogP) is 16.4. The van der Waals surface area contributed by atoms with Gasteiger partial charge in [0.1, 0.15) is 0 Å². The van der Waals surface area contributed by atoms with Crippen LogP contribution in [-0.2, 0) is 0 Å². The summed E-state index contributed by atoms with van der Waals surface area (Å²) >= 11 is 0. The van der Waals surface area contributed by atoms with Crippen molar-refractivity contribution in [2.75, 3.05) is 4.90 Å². The van der Waals surface area contributed by atoms with Gasteiger partial charge < -0.3 is 4.90 Å². The van der Waals surface area contributed by atoms with Crippen LogP contribution in [0.25, 0.3) is 87.6 Å². The van der Waals surface area contributed by atoms with Crippen LogP contribution < -0.4 is 4.90 Å². The molecule has 59 heavy (non-hydrogen) atoms. The van der Waals surface area contributed by atoms with Gasteiger partial charge in [-0.15, -0.1) is 0 Å². The fourth-order valence-electron chi connectivity index (χ4n) is 8.90. The summed E-state index contributed by atoms with van der Waals surface area (Å²) in [5.41, 5.74) is 13.0. The Morgan fingerprint density at radius 1 is 0.237 bits per heavy atom. The Balaban J connectivity index is 1.04. The molecule has 1 nitrogen and oxygen atoms in total. The number of benzene rings is 11. The van der Waals surface area contributed by atoms with E-state index in [9.17, 15) is 0 Å². The Labute approximate surface area is 344 Å². The van der Waals surface area contributed by atoms with E-state index in [1.807, 2.05) is 0 Å². The number of para-hydroxylation sites is 1. The molecule has 0 N–H and O–H groups in total. The summed E-state index contributed by atoms with van der Waals surface area (Å²) < 4.78 is 0. The Morgan fingerprint density at radius 3 is 1.49 bits per heavy atom. The summed E-state index contributed by atoms with van der Waals surface area (Å²) in [4.78, 5) is 2.41. The highest BCUT2D eigenvalue weighted by Gasteiger charge is 2.18. The molecule has 0 saturated carbocycles. The first-order chi connectivity index (χ1) is 29.2. The van der Waals surface area contributed by atoms with Gasteiger partial charge in [-0.05, 0) is 124 Å². The van der Waals surface area contributed by atoms with E-state index >= 15 is 0 Å². The largest absolute Gasteiger partial charge is 0.310 e. The predicted molar refractivity (Wildman–Crippen MR) is 253 cm³/mol. The summed E-state index contributed by atoms with van der Waals surface area (Å²) in [6, 6.07) is 86.2. The molecule has 0 radical (unpaired) electrons. The van der Waals surface area contributed by atoms with E-state index in [1.54, 1.807) is 0 Å². The number of rotatable bonds is 7. The fourth-order valence-corrected chi connectivity index (χ4v) is 8.90. The monoisotopic (exact) mass is 749 g/mol. The third-order valence-corrected chi connectivity index (χ3v) is 11.8. The van der Waals surface area contributed by atoms with E-state index in [1.165, 1.54) is 87.6 Å². The van der Waals surface area contributed by atoms with E-state index in [-0.39, 0.29) is 0 Å². The topological polar surface area (TPSA) is 3.24 Å². The third-order valence-electron chi connectivity index (χ3n) is 11.8. The summed E-state index contributed by atoms with van der Waals surface area (Å²) in [7, 11) is 0. The van der Waals surface area contributed by atoms with Gasteiger partial charge in [-0.25, -0.2) is 0 Å². The normalized spacial score (nSPS) is 11.4. The molecule has 0 heterocycles. The minimum absolute atomic E-state index is 1.10. The van der Waals surface area contributed by atoms with Gasteiger partial charge in [0.05, 0.1) is 5.69 Å². The summed E-state index contributed by atoms with van der Waals surface area (Å²) in [5, 5.41) is 10.1. The summed E-state index contributed by atoms with van der Waals surface area (Å²) in [5.74, 6) is 0. The lowest BCUT2D eigenvalue weighted by Crippen LogP contribution is -2.11. The molecule has 276 valence electrons. The van der Waals surface area contributed by atoms with Gasteiger partial charge in [0, 0.05) is 16.9 Å². The smallest absolute Gasteiger partial charge is 0.0540 e. The quantitative estimate of drug-likeness (QED) is 0.147. The standard InChI is InChI=1S/C58H39N/c1-3-13-40(14-4-1)41-23-25-42(26-24-41)43-31-34-50(35-32-43)59(57-22-12-11-18-52(57)45-15-5-2-6-16-45)51-36-33-44-27-29-47(37-49(44)38-51)56-39-48-30-28-46-17-7-8-19-53(46)58(48)55-21-10-9-20-54(55)56/h1-39H. The van der Waals surface area contributed by atoms with Crippen molar-refractivity contribution in [1.82, 2.24) is 0 Å². The average molecular weight is 750 g/mol. The maximum atomic E-state index is 2.41. The summed E-state index contributed by atoms with van der Waals surface area (Å²) in [6.07, 6.45) is 0. The molecule has 0 aliphatic heterocycles. The lowest BCUT2D eigenvalue weighted by molar-refractivity contribution is 1.29. The van der Waals surface area contributed by atoms with Crippen molar-refractivity contribution >= 4 is 60.2 Å². The molecule has 0 aliphatic carbocycles. The van der Waals surface area contributed by atoms with Gasteiger partial charge in [-0.1, -0.05) is 194 Å². The Kier molecular flexibility index (Phi) is 8.56. The molecule has 0 unspecified atom stereocenters. The minimum atomic E-state index is 1.10. The van der Waals surface area contributed by atoms with Crippen molar-refractivity contribution in [1.29, 1.82) is 0 Å². The van der Waals surface area contributed by atoms with E-state index in [0.717, 1.165) is 17.1 Å². The number of hydrogen-bond donors (Lipinski definition) is 0. The zero-order valence-corrected chi connectivity index (χ0v) is 32.5. The van der Waals surface area contributed by atoms with Crippen LogP contribution in [0, 0.1) is 0 Å². The van der Waals surface area contributed by atoms with E-state index < -0.39 is 0 Å². The zero-order chi connectivity index (χ0) is 39.1. The van der Waals surface area contributed by atoms with Gasteiger partial charge in [0.25, 0.3) is 0 Å². The van der Waals surface area contributed by atoms with Crippen LogP contribution in [0.5, 0.6) is 0 Å². The van der Waals surface area contributed by atoms with Crippen LogP contribution in [0.4, 0.5) is 17.1 Å². The molecule has 0 fully saturated rings. The molecule has 0 saturated heterocycles. The molecule has 1 heteroatoms. The number of nitrogens with zero attached hydrogens (tertiary/aromatic N) is 1. The van der Waals surface area contributed by atoms with Gasteiger partial charge in [-0.3, -0.25) is 0 Å². The first-order valence-corrected chi connectivity index (χ1v) is 20.3. The van der Waals surface area contributed by atoms with E-state index in [2.05, 4.69) is 241 Å². The second kappa shape index (κ2) is 14.6. The number of hydrogen-bond acceptors (Lipinski definition) is 1. The molecular formula is C58H39N. The van der Waals surface area contributed by atoms with Crippen molar-refractivity contribution in [3.05, 3.63) is 237 Å². The molecule has 11 rings (SSSR count). The Morgan fingerprint density at radius 2 is 0.746 bits per heavy atom. The molecule has 0 aromatic heterocycles. The molecule has 0 amide bonds. The highest BCUT2D eigenvalue weighted by Crippen LogP contribution is 2.44. The van der Waals surface area contributed by atoms with Crippen LogP contribution in [0.2, 0.25) is 0 Å². The Hall–Kier alpha value is -7.74. The molecule has 0 bridgehead atoms. The van der Waals surface area contributed by atoms with Crippen molar-refractivity contribution in [3.63, 3.8) is 0 Å². The molecule has 11 aromatic rings. The highest BCUT2D eigenvalue weighted by atomic mass is 15.1. The fraction of sp³-hybridized carbons (Fsp3) is 0. The minimum Gasteiger partial charge on any atom is -0.310 e. The van der Waals surface area contributed by atoms with Gasteiger partial charge in [-0.2, -0.15) is 0 Å². The van der Waals surface area contributed by atoms with Crippen LogP contribution in [-0.4, -0.2) is 0 Å². The van der Waals surface area contributed by atoms with E-state index in [0.29, 0.717) is 0 Å². The molecule has 11 aromatic carbocycles. The lowest BCUT2D eigenvalue weighted by Gasteiger charge is -2.28. The maximum absolute atomic E-state index is 2.41. The molecule has 0 atom stereocenters. The van der Waals surface area contributed by atoms with Crippen molar-refractivity contribution < 1.29 is 0 Å². The summed E-state index contributed by atoms with van der Waals surface area (Å²) in [6.45, 7) is 0. The van der Waals surface area contributed by atoms with Crippen LogP contribution in [0.1, 0.15) is 0 Å². The lowest BCUT2D eigenvalue weighted by atomic mass is 9.90. The SMILES string of the molecule is c1ccc(-c2ccc(-c3ccc(N(c4ccc5ccc(-c6cc7ccc8ccccc8c7c7ccccc67)cc5c4)c4ccccc4-c4ccccc4)cc3)cc2)cc1. The van der Waals surface area contributed by atoms with Crippen molar-refractivity contribution in [2.45, 2.75) is 0 Å². The molecule has 0 spiro atoms. The highest BCUT2D eigenvalue weighted by molar-refractivity contribution is 6.23. The maximum Gasteiger partial charge on any atom is 0.0540 e. The molecular weight excluding hydrogens is 711 g/mol. The van der Waals surface area contributed by atoms with Gasteiger partial charge in [0.2, 0.25) is 0 Å². The Bertz CT molecular complexity index is 3290. The van der Waals surface area contributed by atoms with Crippen molar-refractivity contribution in [3.8, 4) is 44.5 Å². The van der Waals surface area contributed by atoms with Crippen LogP contribution in [0.3, 0.4) is 0 Å². The van der Waals surface area contributed by atoms with Crippen LogP contribution >= 0.6 is 0 Å². The molecule has 0 aliphatic rings. The first-order valence-electron chi connectivity index (χ1n) is 20.3. The number of fused-ring (bicyclic) bond motifs is 6. The van der Waals surface area contributed by atoms with Crippen molar-refractivity contribution in [2.24, 2.45) is 0 Å². The second-order valence-corrected chi connectivity index (χ2v) is 15.3. The van der Waals surface area contributed by atoms with Gasteiger partial charge in [0.15, 0.2) is 0 Å². The number of anilines is 3. The average Bonchev–Trinajstić information content (AvgIpc) is 3.32. The van der Waals surface area contributed by atoms with E-state index in [4.69, 9.17) is 0 Å². The zero-order valence-electron chi connectivity index (χ0n) is 32.5.